The number of halogens is 5. The second-order valence-electron chi connectivity index (χ2n) is 10.4. The van der Waals surface area contributed by atoms with Crippen LogP contribution >= 0.6 is 0 Å². The summed E-state index contributed by atoms with van der Waals surface area (Å²) in [5, 5.41) is 5.98. The van der Waals surface area contributed by atoms with E-state index in [-0.39, 0.29) is 23.0 Å². The number of nitrogens with one attached hydrogen (secondary N) is 2. The fraction of sp³-hybridized carbons (Fsp3) is 0.423. The normalized spacial score (nSPS) is 18.1. The van der Waals surface area contributed by atoms with Crippen LogP contribution in [0.2, 0.25) is 0 Å². The van der Waals surface area contributed by atoms with Crippen molar-refractivity contribution in [1.29, 1.82) is 0 Å². The van der Waals surface area contributed by atoms with Crippen LogP contribution in [-0.2, 0) is 6.18 Å². The van der Waals surface area contributed by atoms with Crippen molar-refractivity contribution in [3.63, 3.8) is 0 Å². The Kier molecular flexibility index (Phi) is 7.17. The summed E-state index contributed by atoms with van der Waals surface area (Å²) in [4.78, 5) is 32.7. The van der Waals surface area contributed by atoms with Gasteiger partial charge in [-0.15, -0.1) is 0 Å². The van der Waals surface area contributed by atoms with Crippen LogP contribution in [0.5, 0.6) is 0 Å². The van der Waals surface area contributed by atoms with Crippen LogP contribution in [0.15, 0.2) is 36.7 Å². The number of aromatic nitrogens is 4. The van der Waals surface area contributed by atoms with Gasteiger partial charge < -0.3 is 26.2 Å². The first kappa shape index (κ1) is 28.4. The molecule has 5 heterocycles. The van der Waals surface area contributed by atoms with Crippen molar-refractivity contribution in [2.24, 2.45) is 0 Å². The maximum Gasteiger partial charge on any atom is 0.418 e. The van der Waals surface area contributed by atoms with Gasteiger partial charge in [0.2, 0.25) is 0 Å². The summed E-state index contributed by atoms with van der Waals surface area (Å²) in [5.74, 6) is -3.97. The van der Waals surface area contributed by atoms with Crippen molar-refractivity contribution in [2.75, 3.05) is 54.1 Å². The summed E-state index contributed by atoms with van der Waals surface area (Å²) in [6.45, 7) is 2.19. The smallest absolute Gasteiger partial charge is 0.382 e. The molecule has 2 saturated heterocycles. The van der Waals surface area contributed by atoms with Crippen LogP contribution in [0, 0.1) is 0 Å². The van der Waals surface area contributed by atoms with Crippen LogP contribution < -0.4 is 26.2 Å². The maximum atomic E-state index is 13.9. The number of carbonyl (C=O) groups is 1. The molecular formula is C26H28F5N9O. The molecule has 2 aliphatic heterocycles. The number of carbonyl (C=O) groups excluding carboxylic acids is 1. The molecule has 0 bridgehead atoms. The Morgan fingerprint density at radius 3 is 2.39 bits per heavy atom. The Hall–Kier alpha value is -4.14. The molecule has 0 saturated carbocycles. The summed E-state index contributed by atoms with van der Waals surface area (Å²) >= 11 is 0. The van der Waals surface area contributed by atoms with E-state index < -0.39 is 53.7 Å². The number of hydrogen-bond donors (Lipinski definition) is 3. The first-order chi connectivity index (χ1) is 19.3. The highest BCUT2D eigenvalue weighted by Gasteiger charge is 2.45. The molecule has 218 valence electrons. The third kappa shape index (κ3) is 5.85. The SMILES string of the molecule is CNC1(C)CCN(c2cccnc2NC(=O)c2nc(-c3nc(N4CC(F)(F)C4)ccc3C(F)(F)F)cnc2N)CC1. The standard InChI is InChI=1S/C26H28F5N9O/c1-24(33-2)7-10-39(11-8-24)17-4-3-9-34-22(17)38-23(41)20-21(32)35-12-16(36-20)19-15(26(29,30)31)5-6-18(37-19)40-13-25(27,28)14-40/h3-6,9,12,33H,7-8,10-11,13-14H2,1-2H3,(H2,32,35)(H,34,38,41). The molecular weight excluding hydrogens is 549 g/mol. The Morgan fingerprint density at radius 1 is 1.05 bits per heavy atom. The average Bonchev–Trinajstić information content (AvgIpc) is 2.92. The topological polar surface area (TPSA) is 125 Å². The lowest BCUT2D eigenvalue weighted by Gasteiger charge is -2.40. The number of nitrogen functional groups attached to an aromatic ring is 1. The summed E-state index contributed by atoms with van der Waals surface area (Å²) in [6, 6.07) is 5.30. The zero-order valence-electron chi connectivity index (χ0n) is 22.3. The Morgan fingerprint density at radius 2 is 1.76 bits per heavy atom. The lowest BCUT2D eigenvalue weighted by atomic mass is 9.90. The van der Waals surface area contributed by atoms with E-state index in [1.54, 1.807) is 12.1 Å². The van der Waals surface area contributed by atoms with E-state index >= 15 is 0 Å². The number of piperidine rings is 1. The van der Waals surface area contributed by atoms with Crippen LogP contribution in [-0.4, -0.2) is 70.5 Å². The van der Waals surface area contributed by atoms with Gasteiger partial charge in [-0.3, -0.25) is 4.79 Å². The van der Waals surface area contributed by atoms with Gasteiger partial charge in [0.15, 0.2) is 17.3 Å². The third-order valence-corrected chi connectivity index (χ3v) is 7.44. The largest absolute Gasteiger partial charge is 0.418 e. The molecule has 5 rings (SSSR count). The third-order valence-electron chi connectivity index (χ3n) is 7.44. The van der Waals surface area contributed by atoms with Crippen molar-refractivity contribution < 1.29 is 26.7 Å². The van der Waals surface area contributed by atoms with Gasteiger partial charge in [-0.2, -0.15) is 13.2 Å². The minimum Gasteiger partial charge on any atom is -0.382 e. The van der Waals surface area contributed by atoms with Crippen LogP contribution in [0.3, 0.4) is 0 Å². The van der Waals surface area contributed by atoms with Crippen molar-refractivity contribution in [2.45, 2.75) is 37.4 Å². The molecule has 0 unspecified atom stereocenters. The summed E-state index contributed by atoms with van der Waals surface area (Å²) in [6.07, 6.45) is -0.677. The van der Waals surface area contributed by atoms with E-state index in [0.29, 0.717) is 18.8 Å². The average molecular weight is 578 g/mol. The van der Waals surface area contributed by atoms with E-state index in [1.165, 1.54) is 6.20 Å². The van der Waals surface area contributed by atoms with Gasteiger partial charge in [0.1, 0.15) is 17.2 Å². The van der Waals surface area contributed by atoms with Gasteiger partial charge in [0.05, 0.1) is 30.5 Å². The maximum absolute atomic E-state index is 13.9. The van der Waals surface area contributed by atoms with E-state index in [9.17, 15) is 26.7 Å². The molecule has 2 aliphatic rings. The van der Waals surface area contributed by atoms with Crippen molar-refractivity contribution in [3.05, 3.63) is 47.9 Å². The molecule has 4 N–H and O–H groups in total. The Labute approximate surface area is 232 Å². The lowest BCUT2D eigenvalue weighted by Crippen LogP contribution is -2.56. The minimum absolute atomic E-state index is 0.0102. The molecule has 0 aliphatic carbocycles. The molecule has 3 aromatic rings. The number of alkyl halides is 5. The summed E-state index contributed by atoms with van der Waals surface area (Å²) in [7, 11) is 1.91. The monoisotopic (exact) mass is 577 g/mol. The zero-order valence-corrected chi connectivity index (χ0v) is 22.3. The number of nitrogens with two attached hydrogens (primary N) is 1. The number of pyridine rings is 2. The number of hydrogen-bond acceptors (Lipinski definition) is 9. The highest BCUT2D eigenvalue weighted by molar-refractivity contribution is 6.06. The van der Waals surface area contributed by atoms with E-state index in [4.69, 9.17) is 5.73 Å². The predicted octanol–water partition coefficient (Wildman–Crippen LogP) is 3.82. The highest BCUT2D eigenvalue weighted by atomic mass is 19.4. The van der Waals surface area contributed by atoms with Crippen molar-refractivity contribution >= 4 is 29.0 Å². The van der Waals surface area contributed by atoms with Crippen molar-refractivity contribution in [1.82, 2.24) is 25.3 Å². The second-order valence-corrected chi connectivity index (χ2v) is 10.4. The van der Waals surface area contributed by atoms with Gasteiger partial charge in [-0.05, 0) is 51.1 Å². The molecule has 10 nitrogen and oxygen atoms in total. The van der Waals surface area contributed by atoms with Crippen molar-refractivity contribution in [3.8, 4) is 11.4 Å². The molecule has 41 heavy (non-hydrogen) atoms. The van der Waals surface area contributed by atoms with Crippen LogP contribution in [0.25, 0.3) is 11.4 Å². The van der Waals surface area contributed by atoms with Crippen LogP contribution in [0.1, 0.15) is 35.8 Å². The lowest BCUT2D eigenvalue weighted by molar-refractivity contribution is -0.137. The minimum atomic E-state index is -4.84. The number of amides is 1. The Balaban J connectivity index is 1.44. The molecule has 15 heteroatoms. The van der Waals surface area contributed by atoms with Gasteiger partial charge in [0.25, 0.3) is 11.8 Å². The molecule has 0 atom stereocenters. The van der Waals surface area contributed by atoms with Gasteiger partial charge in [-0.25, -0.2) is 28.7 Å². The number of rotatable bonds is 6. The molecule has 2 fully saturated rings. The quantitative estimate of drug-likeness (QED) is 0.375. The number of nitrogens with zero attached hydrogens (tertiary/aromatic N) is 6. The fourth-order valence-electron chi connectivity index (χ4n) is 4.81. The van der Waals surface area contributed by atoms with Gasteiger partial charge in [0, 0.05) is 24.8 Å². The second kappa shape index (κ2) is 10.4. The molecule has 0 radical (unpaired) electrons. The zero-order chi connectivity index (χ0) is 29.6. The van der Waals surface area contributed by atoms with E-state index in [2.05, 4.69) is 42.4 Å². The summed E-state index contributed by atoms with van der Waals surface area (Å²) in [5.41, 5.74) is 3.91. The van der Waals surface area contributed by atoms with Crippen LogP contribution in [0.4, 0.5) is 45.1 Å². The molecule has 0 spiro atoms. The summed E-state index contributed by atoms with van der Waals surface area (Å²) < 4.78 is 68.4. The first-order valence-corrected chi connectivity index (χ1v) is 12.8. The molecule has 0 aromatic carbocycles. The van der Waals surface area contributed by atoms with E-state index in [0.717, 1.165) is 36.1 Å². The molecule has 1 amide bonds. The molecule has 3 aromatic heterocycles. The highest BCUT2D eigenvalue weighted by Crippen LogP contribution is 2.39. The predicted molar refractivity (Wildman–Crippen MR) is 143 cm³/mol. The Bertz CT molecular complexity index is 1450. The first-order valence-electron chi connectivity index (χ1n) is 12.8. The number of anilines is 4. The van der Waals surface area contributed by atoms with Gasteiger partial charge >= 0.3 is 6.18 Å². The van der Waals surface area contributed by atoms with E-state index in [1.807, 2.05) is 7.05 Å². The van der Waals surface area contributed by atoms with Gasteiger partial charge in [-0.1, -0.05) is 0 Å². The fourth-order valence-corrected chi connectivity index (χ4v) is 4.81.